The van der Waals surface area contributed by atoms with Gasteiger partial charge in [-0.3, -0.25) is 9.59 Å². The van der Waals surface area contributed by atoms with Gasteiger partial charge < -0.3 is 25.3 Å². The summed E-state index contributed by atoms with van der Waals surface area (Å²) in [7, 11) is -9.36. The van der Waals surface area contributed by atoms with Crippen molar-refractivity contribution in [2.45, 2.75) is 54.5 Å². The first-order valence-electron chi connectivity index (χ1n) is 13.0. The Hall–Kier alpha value is -1.95. The van der Waals surface area contributed by atoms with Crippen LogP contribution in [0.25, 0.3) is 0 Å². The monoisotopic (exact) mass is 676 g/mol. The zero-order valence-electron chi connectivity index (χ0n) is 25.0. The number of rotatable bonds is 14. The summed E-state index contributed by atoms with van der Waals surface area (Å²) in [6.45, 7) is 1.87. The topological polar surface area (TPSA) is 224 Å². The largest absolute Gasteiger partial charge is 1.00 e. The van der Waals surface area contributed by atoms with Gasteiger partial charge in [0.1, 0.15) is 26.3 Å². The summed E-state index contributed by atoms with van der Waals surface area (Å²) < 4.78 is 67.3. The molecule has 230 valence electrons. The molecule has 0 aromatic heterocycles. The van der Waals surface area contributed by atoms with E-state index in [4.69, 9.17) is 5.73 Å². The molecule has 0 aliphatic rings. The van der Waals surface area contributed by atoms with Gasteiger partial charge >= 0.3 is 65.1 Å². The van der Waals surface area contributed by atoms with E-state index in [-0.39, 0.29) is 78.4 Å². The normalized spacial score (nSPS) is 13.3. The van der Waals surface area contributed by atoms with Crippen molar-refractivity contribution < 1.29 is 105 Å². The predicted molar refractivity (Wildman–Crippen MR) is 152 cm³/mol. The van der Waals surface area contributed by atoms with Gasteiger partial charge in [-0.25, -0.2) is 21.6 Å². The second-order valence-electron chi connectivity index (χ2n) is 10.2. The number of nitrogens with two attached hydrogens (primary N) is 1. The molecular weight excluding hydrogens is 646 g/mol. The van der Waals surface area contributed by atoms with Crippen molar-refractivity contribution in [3.63, 3.8) is 0 Å². The number of benzene rings is 3. The number of carboxylic acids is 1. The molecule has 0 aliphatic heterocycles. The fourth-order valence-corrected chi connectivity index (χ4v) is 5.28. The van der Waals surface area contributed by atoms with Gasteiger partial charge in [0.2, 0.25) is 5.91 Å². The SMILES string of the molecule is Cc1ccc(CC(NC(=O)C(CC(=O)C(N)Cc2ccc(S(=O)(=O)[O-])cc2)Cc2ccc(S(=O)(=O)[O-])cc2)C(=O)O)cc1.[Na+].[Na+]. The summed E-state index contributed by atoms with van der Waals surface area (Å²) in [5, 5.41) is 12.3. The molecule has 3 aromatic carbocycles. The number of hydrogen-bond acceptors (Lipinski definition) is 10. The number of amides is 1. The molecule has 3 aromatic rings. The molecule has 1 amide bonds. The summed E-state index contributed by atoms with van der Waals surface area (Å²) in [5.41, 5.74) is 8.60. The Morgan fingerprint density at radius 2 is 1.13 bits per heavy atom. The Morgan fingerprint density at radius 1 is 0.733 bits per heavy atom. The molecule has 3 rings (SSSR count). The number of carboxylic acid groups (broad SMARTS) is 1. The molecule has 4 N–H and O–H groups in total. The molecule has 0 heterocycles. The van der Waals surface area contributed by atoms with Crippen molar-refractivity contribution in [2.24, 2.45) is 11.7 Å². The molecule has 0 bridgehead atoms. The van der Waals surface area contributed by atoms with Gasteiger partial charge in [0.05, 0.1) is 15.8 Å². The van der Waals surface area contributed by atoms with Crippen molar-refractivity contribution in [3.8, 4) is 0 Å². The van der Waals surface area contributed by atoms with Crippen LogP contribution in [-0.2, 0) is 53.9 Å². The summed E-state index contributed by atoms with van der Waals surface area (Å²) >= 11 is 0. The number of Topliss-reactive ketones (excluding diaryl/α,β-unsaturated/α-hetero) is 1. The quantitative estimate of drug-likeness (QED) is 0.109. The molecule has 0 saturated heterocycles. The first-order chi connectivity index (χ1) is 20.0. The van der Waals surface area contributed by atoms with Crippen LogP contribution in [0.3, 0.4) is 0 Å². The van der Waals surface area contributed by atoms with E-state index in [1.54, 1.807) is 24.3 Å². The predicted octanol–water partition coefficient (Wildman–Crippen LogP) is -4.69. The zero-order valence-corrected chi connectivity index (χ0v) is 30.6. The van der Waals surface area contributed by atoms with E-state index in [1.165, 1.54) is 24.3 Å². The summed E-state index contributed by atoms with van der Waals surface area (Å²) in [5.74, 6) is -3.69. The Labute approximate surface area is 306 Å². The van der Waals surface area contributed by atoms with Crippen LogP contribution < -0.4 is 70.2 Å². The summed E-state index contributed by atoms with van der Waals surface area (Å²) in [6, 6.07) is 14.3. The number of aliphatic carboxylic acids is 1. The minimum Gasteiger partial charge on any atom is -0.744 e. The molecular formula is C29H30N2Na2O10S2. The van der Waals surface area contributed by atoms with Crippen LogP contribution in [0.1, 0.15) is 28.7 Å². The molecule has 0 saturated carbocycles. The Kier molecular flexibility index (Phi) is 16.3. The number of ketones is 1. The fraction of sp³-hybridized carbons (Fsp3) is 0.276. The van der Waals surface area contributed by atoms with Crippen LogP contribution >= 0.6 is 0 Å². The molecule has 45 heavy (non-hydrogen) atoms. The summed E-state index contributed by atoms with van der Waals surface area (Å²) in [4.78, 5) is 37.6. The van der Waals surface area contributed by atoms with E-state index in [0.717, 1.165) is 29.8 Å². The van der Waals surface area contributed by atoms with E-state index in [0.29, 0.717) is 16.7 Å². The second-order valence-corrected chi connectivity index (χ2v) is 12.9. The Balaban J connectivity index is 0.00000506. The molecule has 0 aliphatic carbocycles. The zero-order chi connectivity index (χ0) is 31.9. The third kappa shape index (κ3) is 13.0. The minimum atomic E-state index is -4.71. The smallest absolute Gasteiger partial charge is 0.744 e. The van der Waals surface area contributed by atoms with Crippen molar-refractivity contribution in [3.05, 3.63) is 95.1 Å². The molecule has 0 spiro atoms. The fourth-order valence-electron chi connectivity index (χ4n) is 4.34. The number of aryl methyl sites for hydroxylation is 1. The van der Waals surface area contributed by atoms with Crippen LogP contribution in [-0.4, -0.2) is 60.8 Å². The van der Waals surface area contributed by atoms with Crippen molar-refractivity contribution in [1.29, 1.82) is 0 Å². The van der Waals surface area contributed by atoms with Crippen molar-refractivity contribution in [1.82, 2.24) is 5.32 Å². The Bertz CT molecular complexity index is 1680. The van der Waals surface area contributed by atoms with Gasteiger partial charge in [-0.05, 0) is 60.7 Å². The number of carbonyl (C=O) groups is 3. The molecule has 12 nitrogen and oxygen atoms in total. The van der Waals surface area contributed by atoms with Gasteiger partial charge in [0.15, 0.2) is 5.78 Å². The van der Waals surface area contributed by atoms with E-state index < -0.39 is 72.1 Å². The van der Waals surface area contributed by atoms with E-state index >= 15 is 0 Å². The molecule has 0 radical (unpaired) electrons. The minimum absolute atomic E-state index is 0. The third-order valence-electron chi connectivity index (χ3n) is 6.77. The maximum atomic E-state index is 13.4. The Morgan fingerprint density at radius 3 is 1.56 bits per heavy atom. The van der Waals surface area contributed by atoms with Crippen molar-refractivity contribution >= 4 is 37.9 Å². The van der Waals surface area contributed by atoms with Gasteiger partial charge in [-0.1, -0.05) is 54.1 Å². The van der Waals surface area contributed by atoms with Crippen LogP contribution in [0.5, 0.6) is 0 Å². The van der Waals surface area contributed by atoms with Gasteiger partial charge in [0, 0.05) is 18.8 Å². The molecule has 3 unspecified atom stereocenters. The summed E-state index contributed by atoms with van der Waals surface area (Å²) in [6.07, 6.45) is -0.560. The van der Waals surface area contributed by atoms with Crippen molar-refractivity contribution in [2.75, 3.05) is 0 Å². The van der Waals surface area contributed by atoms with Gasteiger partial charge in [-0.2, -0.15) is 0 Å². The van der Waals surface area contributed by atoms with E-state index in [2.05, 4.69) is 5.32 Å². The molecule has 0 fully saturated rings. The average molecular weight is 677 g/mol. The standard InChI is InChI=1S/C29H32N2O10S2.2Na/c1-18-2-4-21(5-3-18)16-26(29(34)35)31-28(33)22(14-19-6-10-23(11-7-19)42(36,37)38)17-27(32)25(30)15-20-8-12-24(13-9-20)43(39,40)41;;/h2-13,22,25-26H,14-17,30H2,1H3,(H,31,33)(H,34,35)(H,36,37,38)(H,39,40,41);;/q;2*+1/p-2. The van der Waals surface area contributed by atoms with Crippen LogP contribution in [0.15, 0.2) is 82.6 Å². The van der Waals surface area contributed by atoms with E-state index in [9.17, 15) is 45.4 Å². The number of nitrogens with one attached hydrogen (secondary N) is 1. The maximum absolute atomic E-state index is 13.4. The number of carbonyl (C=O) groups excluding carboxylic acids is 2. The van der Waals surface area contributed by atoms with E-state index in [1.807, 2.05) is 6.92 Å². The van der Waals surface area contributed by atoms with Crippen LogP contribution in [0, 0.1) is 12.8 Å². The van der Waals surface area contributed by atoms with Gasteiger partial charge in [-0.15, -0.1) is 0 Å². The first kappa shape index (κ1) is 41.1. The first-order valence-corrected chi connectivity index (χ1v) is 15.8. The molecule has 3 atom stereocenters. The van der Waals surface area contributed by atoms with Crippen LogP contribution in [0.2, 0.25) is 0 Å². The molecule has 16 heteroatoms. The van der Waals surface area contributed by atoms with Crippen LogP contribution in [0.4, 0.5) is 0 Å². The number of hydrogen-bond donors (Lipinski definition) is 3. The third-order valence-corrected chi connectivity index (χ3v) is 8.47. The second kappa shape index (κ2) is 17.8. The maximum Gasteiger partial charge on any atom is 1.00 e. The average Bonchev–Trinajstić information content (AvgIpc) is 2.92. The van der Waals surface area contributed by atoms with Gasteiger partial charge in [0.25, 0.3) is 0 Å².